The van der Waals surface area contributed by atoms with E-state index in [1.165, 1.54) is 4.31 Å². The maximum atomic E-state index is 13.1. The summed E-state index contributed by atoms with van der Waals surface area (Å²) in [5.41, 5.74) is 1.00. The molecular formula is C22H24N2O6S. The highest BCUT2D eigenvalue weighted by Gasteiger charge is 2.43. The quantitative estimate of drug-likeness (QED) is 0.712. The van der Waals surface area contributed by atoms with Gasteiger partial charge in [0.2, 0.25) is 16.1 Å². The van der Waals surface area contributed by atoms with Crippen LogP contribution >= 0.6 is 0 Å². The molecule has 9 heteroatoms. The van der Waals surface area contributed by atoms with Gasteiger partial charge in [-0.2, -0.15) is 4.31 Å². The van der Waals surface area contributed by atoms with Crippen molar-refractivity contribution in [2.24, 2.45) is 0 Å². The summed E-state index contributed by atoms with van der Waals surface area (Å²) in [7, 11) is -3.61. The third kappa shape index (κ3) is 3.88. The van der Waals surface area contributed by atoms with Gasteiger partial charge in [-0.1, -0.05) is 29.8 Å². The maximum absolute atomic E-state index is 13.1. The van der Waals surface area contributed by atoms with Crippen LogP contribution in [0.3, 0.4) is 0 Å². The van der Waals surface area contributed by atoms with E-state index in [0.717, 1.165) is 5.56 Å². The summed E-state index contributed by atoms with van der Waals surface area (Å²) in [6.45, 7) is 3.12. The van der Waals surface area contributed by atoms with Crippen LogP contribution in [0.1, 0.15) is 5.56 Å². The second kappa shape index (κ2) is 7.81. The largest absolute Gasteiger partial charge is 0.485 e. The first-order valence-electron chi connectivity index (χ1n) is 10.3. The summed E-state index contributed by atoms with van der Waals surface area (Å²) in [6, 6.07) is 14.1. The molecule has 0 saturated carbocycles. The smallest absolute Gasteiger partial charge is 0.267 e. The van der Waals surface area contributed by atoms with E-state index >= 15 is 0 Å². The SMILES string of the molecule is Cc1ccc(S(=O)(=O)N2CC3CN(C(=O)C4COc5ccccc5O4)CC(C2)O3)cc1. The van der Waals surface area contributed by atoms with Crippen molar-refractivity contribution >= 4 is 15.9 Å². The number of sulfonamides is 1. The van der Waals surface area contributed by atoms with Crippen molar-refractivity contribution in [3.05, 3.63) is 54.1 Å². The third-order valence-electron chi connectivity index (χ3n) is 5.80. The van der Waals surface area contributed by atoms with Gasteiger partial charge in [0, 0.05) is 26.2 Å². The molecule has 0 aromatic heterocycles. The number of carbonyl (C=O) groups excluding carboxylic acids is 1. The molecule has 3 aliphatic heterocycles. The summed E-state index contributed by atoms with van der Waals surface area (Å²) in [4.78, 5) is 15.0. The van der Waals surface area contributed by atoms with Gasteiger partial charge >= 0.3 is 0 Å². The Labute approximate surface area is 181 Å². The fourth-order valence-electron chi connectivity index (χ4n) is 4.24. The molecule has 3 aliphatic rings. The van der Waals surface area contributed by atoms with E-state index in [0.29, 0.717) is 24.6 Å². The fourth-order valence-corrected chi connectivity index (χ4v) is 5.74. The number of morpholine rings is 2. The predicted molar refractivity (Wildman–Crippen MR) is 112 cm³/mol. The molecule has 5 rings (SSSR count). The Morgan fingerprint density at radius 2 is 1.58 bits per heavy atom. The van der Waals surface area contributed by atoms with Gasteiger partial charge in [0.05, 0.1) is 17.1 Å². The molecule has 1 amide bonds. The highest BCUT2D eigenvalue weighted by atomic mass is 32.2. The van der Waals surface area contributed by atoms with E-state index in [1.54, 1.807) is 41.3 Å². The number of benzene rings is 2. The molecule has 0 N–H and O–H groups in total. The zero-order valence-electron chi connectivity index (χ0n) is 17.1. The van der Waals surface area contributed by atoms with Crippen LogP contribution in [-0.4, -0.2) is 74.6 Å². The van der Waals surface area contributed by atoms with Gasteiger partial charge in [-0.15, -0.1) is 0 Å². The average Bonchev–Trinajstić information content (AvgIpc) is 2.78. The Bertz CT molecular complexity index is 1070. The first kappa shape index (κ1) is 20.3. The number of rotatable bonds is 3. The number of carbonyl (C=O) groups is 1. The molecule has 164 valence electrons. The summed E-state index contributed by atoms with van der Waals surface area (Å²) in [6.07, 6.45) is -1.48. The van der Waals surface area contributed by atoms with Crippen LogP contribution < -0.4 is 9.47 Å². The Morgan fingerprint density at radius 3 is 2.26 bits per heavy atom. The molecule has 3 heterocycles. The van der Waals surface area contributed by atoms with Crippen molar-refractivity contribution < 1.29 is 27.4 Å². The van der Waals surface area contributed by atoms with Crippen molar-refractivity contribution in [1.29, 1.82) is 0 Å². The van der Waals surface area contributed by atoms with Crippen LogP contribution in [-0.2, 0) is 19.6 Å². The lowest BCUT2D eigenvalue weighted by Crippen LogP contribution is -2.63. The van der Waals surface area contributed by atoms with Gasteiger partial charge < -0.3 is 19.1 Å². The minimum absolute atomic E-state index is 0.149. The maximum Gasteiger partial charge on any atom is 0.267 e. The van der Waals surface area contributed by atoms with Gasteiger partial charge in [0.1, 0.15) is 6.61 Å². The van der Waals surface area contributed by atoms with Crippen molar-refractivity contribution in [3.8, 4) is 11.5 Å². The molecule has 0 spiro atoms. The van der Waals surface area contributed by atoms with E-state index in [4.69, 9.17) is 14.2 Å². The van der Waals surface area contributed by atoms with Crippen molar-refractivity contribution in [3.63, 3.8) is 0 Å². The molecule has 2 bridgehead atoms. The molecule has 3 atom stereocenters. The van der Waals surface area contributed by atoms with E-state index < -0.39 is 16.1 Å². The molecule has 2 fully saturated rings. The average molecular weight is 445 g/mol. The molecule has 0 radical (unpaired) electrons. The van der Waals surface area contributed by atoms with Gasteiger partial charge in [0.15, 0.2) is 11.5 Å². The first-order valence-corrected chi connectivity index (χ1v) is 11.7. The Hall–Kier alpha value is -2.62. The van der Waals surface area contributed by atoms with Crippen LogP contribution in [0, 0.1) is 6.92 Å². The van der Waals surface area contributed by atoms with Gasteiger partial charge in [-0.05, 0) is 31.2 Å². The number of hydrogen-bond acceptors (Lipinski definition) is 6. The highest BCUT2D eigenvalue weighted by molar-refractivity contribution is 7.89. The number of amides is 1. The van der Waals surface area contributed by atoms with Crippen LogP contribution in [0.25, 0.3) is 0 Å². The minimum atomic E-state index is -3.61. The number of para-hydroxylation sites is 2. The van der Waals surface area contributed by atoms with Crippen LogP contribution in [0.4, 0.5) is 0 Å². The summed E-state index contributed by atoms with van der Waals surface area (Å²) in [5, 5.41) is 0. The second-order valence-corrected chi connectivity index (χ2v) is 10.1. The van der Waals surface area contributed by atoms with E-state index in [2.05, 4.69) is 0 Å². The topological polar surface area (TPSA) is 85.4 Å². The lowest BCUT2D eigenvalue weighted by atomic mass is 10.1. The molecule has 8 nitrogen and oxygen atoms in total. The summed E-state index contributed by atoms with van der Waals surface area (Å²) >= 11 is 0. The Morgan fingerprint density at radius 1 is 0.935 bits per heavy atom. The van der Waals surface area contributed by atoms with E-state index in [9.17, 15) is 13.2 Å². The van der Waals surface area contributed by atoms with E-state index in [1.807, 2.05) is 19.1 Å². The monoisotopic (exact) mass is 444 g/mol. The molecule has 2 aromatic carbocycles. The molecular weight excluding hydrogens is 420 g/mol. The van der Waals surface area contributed by atoms with Gasteiger partial charge in [-0.3, -0.25) is 4.79 Å². The normalized spacial score (nSPS) is 25.8. The lowest BCUT2D eigenvalue weighted by Gasteiger charge is -2.45. The van der Waals surface area contributed by atoms with E-state index in [-0.39, 0.29) is 42.7 Å². The minimum Gasteiger partial charge on any atom is -0.485 e. The van der Waals surface area contributed by atoms with Gasteiger partial charge in [0.25, 0.3) is 5.91 Å². The van der Waals surface area contributed by atoms with Crippen LogP contribution in [0.2, 0.25) is 0 Å². The highest BCUT2D eigenvalue weighted by Crippen LogP contribution is 2.32. The lowest BCUT2D eigenvalue weighted by molar-refractivity contribution is -0.162. The zero-order chi connectivity index (χ0) is 21.6. The summed E-state index contributed by atoms with van der Waals surface area (Å²) < 4.78 is 45.1. The zero-order valence-corrected chi connectivity index (χ0v) is 18.0. The first-order chi connectivity index (χ1) is 14.9. The standard InChI is InChI=1S/C22H24N2O6S/c1-15-6-8-18(9-7-15)31(26,27)24-12-16-10-23(11-17(13-24)29-16)22(25)21-14-28-19-4-2-3-5-20(19)30-21/h2-9,16-17,21H,10-14H2,1H3. The van der Waals surface area contributed by atoms with Crippen LogP contribution in [0.5, 0.6) is 11.5 Å². The van der Waals surface area contributed by atoms with Crippen molar-refractivity contribution in [1.82, 2.24) is 9.21 Å². The van der Waals surface area contributed by atoms with Gasteiger partial charge in [-0.25, -0.2) is 8.42 Å². The number of fused-ring (bicyclic) bond motifs is 3. The molecule has 2 aromatic rings. The predicted octanol–water partition coefficient (Wildman–Crippen LogP) is 1.44. The molecule has 2 saturated heterocycles. The fraction of sp³-hybridized carbons (Fsp3) is 0.409. The number of nitrogens with zero attached hydrogens (tertiary/aromatic N) is 2. The summed E-state index contributed by atoms with van der Waals surface area (Å²) in [5.74, 6) is 1.01. The third-order valence-corrected chi connectivity index (χ3v) is 7.65. The van der Waals surface area contributed by atoms with Crippen molar-refractivity contribution in [2.45, 2.75) is 30.1 Å². The molecule has 0 aliphatic carbocycles. The van der Waals surface area contributed by atoms with Crippen LogP contribution in [0.15, 0.2) is 53.4 Å². The number of ether oxygens (including phenoxy) is 3. The molecule has 3 unspecified atom stereocenters. The second-order valence-electron chi connectivity index (χ2n) is 8.12. The number of hydrogen-bond donors (Lipinski definition) is 0. The Kier molecular flexibility index (Phi) is 5.11. The van der Waals surface area contributed by atoms with Crippen molar-refractivity contribution in [2.75, 3.05) is 32.8 Å². The Balaban J connectivity index is 1.26. The number of aryl methyl sites for hydroxylation is 1. The molecule has 31 heavy (non-hydrogen) atoms.